The lowest BCUT2D eigenvalue weighted by atomic mass is 10.1. The smallest absolute Gasteiger partial charge is 0.0496 e. The summed E-state index contributed by atoms with van der Waals surface area (Å²) in [6.45, 7) is 7.30. The van der Waals surface area contributed by atoms with Crippen LogP contribution in [0.1, 0.15) is 38.4 Å². The van der Waals surface area contributed by atoms with Crippen molar-refractivity contribution in [2.75, 3.05) is 6.54 Å². The van der Waals surface area contributed by atoms with E-state index >= 15 is 0 Å². The number of rotatable bonds is 3. The fraction of sp³-hybridized carbons (Fsp3) is 0.429. The Labute approximate surface area is 111 Å². The lowest BCUT2D eigenvalue weighted by molar-refractivity contribution is 0.567. The number of fused-ring (bicyclic) bond motifs is 1. The molecule has 0 saturated carbocycles. The molecule has 0 saturated heterocycles. The number of aromatic nitrogens is 1. The van der Waals surface area contributed by atoms with Gasteiger partial charge in [-0.05, 0) is 37.4 Å². The van der Waals surface area contributed by atoms with Crippen molar-refractivity contribution in [1.29, 1.82) is 0 Å². The third-order valence-electron chi connectivity index (χ3n) is 3.21. The largest absolute Gasteiger partial charge is 0.342 e. The van der Waals surface area contributed by atoms with Gasteiger partial charge in [0.25, 0.3) is 0 Å². The minimum Gasteiger partial charge on any atom is -0.342 e. The quantitative estimate of drug-likeness (QED) is 0.910. The zero-order chi connectivity index (χ0) is 12.6. The molecule has 1 aromatic heterocycles. The van der Waals surface area contributed by atoms with Crippen molar-refractivity contribution in [2.24, 2.45) is 5.73 Å². The minimum absolute atomic E-state index is 0.392. The molecule has 1 unspecified atom stereocenters. The van der Waals surface area contributed by atoms with Crippen molar-refractivity contribution in [3.8, 4) is 0 Å². The molecule has 1 aromatic carbocycles. The van der Waals surface area contributed by atoms with Gasteiger partial charge in [0.2, 0.25) is 0 Å². The van der Waals surface area contributed by atoms with Crippen LogP contribution in [0.3, 0.4) is 0 Å². The summed E-state index contributed by atoms with van der Waals surface area (Å²) in [7, 11) is 0. The lowest BCUT2D eigenvalue weighted by Gasteiger charge is -2.18. The van der Waals surface area contributed by atoms with Gasteiger partial charge >= 0.3 is 0 Å². The number of benzene rings is 1. The van der Waals surface area contributed by atoms with E-state index in [1.807, 2.05) is 0 Å². The van der Waals surface area contributed by atoms with Crippen molar-refractivity contribution in [3.05, 3.63) is 34.4 Å². The van der Waals surface area contributed by atoms with Gasteiger partial charge in [0, 0.05) is 34.2 Å². The zero-order valence-corrected chi connectivity index (χ0v) is 12.2. The molecule has 0 spiro atoms. The number of hydrogen-bond acceptors (Lipinski definition) is 1. The number of nitrogens with two attached hydrogens (primary N) is 1. The molecule has 3 heteroatoms. The fourth-order valence-electron chi connectivity index (χ4n) is 2.29. The van der Waals surface area contributed by atoms with Crippen molar-refractivity contribution in [3.63, 3.8) is 0 Å². The second-order valence-electron chi connectivity index (χ2n) is 4.87. The highest BCUT2D eigenvalue weighted by Gasteiger charge is 2.15. The molecule has 1 atom stereocenters. The van der Waals surface area contributed by atoms with Crippen LogP contribution in [0.5, 0.6) is 0 Å². The summed E-state index contributed by atoms with van der Waals surface area (Å²) in [5.74, 6) is 0.392. The molecule has 0 aliphatic carbocycles. The van der Waals surface area contributed by atoms with Gasteiger partial charge in [-0.25, -0.2) is 0 Å². The second-order valence-corrected chi connectivity index (χ2v) is 5.79. The molecule has 92 valence electrons. The van der Waals surface area contributed by atoms with Crippen LogP contribution in [0, 0.1) is 0 Å². The van der Waals surface area contributed by atoms with Gasteiger partial charge in [-0.3, -0.25) is 0 Å². The Kier molecular flexibility index (Phi) is 3.59. The molecule has 0 bridgehead atoms. The predicted octanol–water partition coefficient (Wildman–Crippen LogP) is 4.05. The summed E-state index contributed by atoms with van der Waals surface area (Å²) in [4.78, 5) is 0. The van der Waals surface area contributed by atoms with Gasteiger partial charge in [-0.15, -0.1) is 0 Å². The van der Waals surface area contributed by atoms with E-state index in [1.165, 1.54) is 16.6 Å². The number of hydrogen-bond donors (Lipinski definition) is 1. The van der Waals surface area contributed by atoms with Crippen LogP contribution in [0.4, 0.5) is 0 Å². The Balaban J connectivity index is 2.71. The van der Waals surface area contributed by atoms with E-state index in [-0.39, 0.29) is 0 Å². The maximum absolute atomic E-state index is 5.80. The van der Waals surface area contributed by atoms with Gasteiger partial charge in [0.15, 0.2) is 0 Å². The monoisotopic (exact) mass is 294 g/mol. The molecule has 0 fully saturated rings. The fourth-order valence-corrected chi connectivity index (χ4v) is 2.64. The molecule has 2 nitrogen and oxygen atoms in total. The molecule has 17 heavy (non-hydrogen) atoms. The highest BCUT2D eigenvalue weighted by Crippen LogP contribution is 2.30. The second kappa shape index (κ2) is 4.83. The normalized spacial score (nSPS) is 13.5. The van der Waals surface area contributed by atoms with E-state index in [0.717, 1.165) is 4.47 Å². The molecule has 0 aliphatic rings. The van der Waals surface area contributed by atoms with Crippen LogP contribution in [0.15, 0.2) is 28.7 Å². The summed E-state index contributed by atoms with van der Waals surface area (Å²) >= 11 is 3.54. The third-order valence-corrected chi connectivity index (χ3v) is 3.70. The van der Waals surface area contributed by atoms with Crippen molar-refractivity contribution < 1.29 is 0 Å². The first kappa shape index (κ1) is 12.7. The average molecular weight is 295 g/mol. The summed E-state index contributed by atoms with van der Waals surface area (Å²) < 4.78 is 3.51. The average Bonchev–Trinajstić information content (AvgIpc) is 2.66. The lowest BCUT2D eigenvalue weighted by Crippen LogP contribution is -2.14. The van der Waals surface area contributed by atoms with Crippen molar-refractivity contribution in [2.45, 2.75) is 32.7 Å². The van der Waals surface area contributed by atoms with Gasteiger partial charge in [-0.2, -0.15) is 0 Å². The molecule has 2 rings (SSSR count). The maximum atomic E-state index is 5.80. The van der Waals surface area contributed by atoms with E-state index in [0.29, 0.717) is 18.5 Å². The summed E-state index contributed by atoms with van der Waals surface area (Å²) in [6, 6.07) is 9.14. The van der Waals surface area contributed by atoms with E-state index in [4.69, 9.17) is 5.73 Å². The van der Waals surface area contributed by atoms with Crippen LogP contribution in [-0.2, 0) is 0 Å². The highest BCUT2D eigenvalue weighted by molar-refractivity contribution is 9.10. The SMILES string of the molecule is CC(CN)c1cc2ccc(Br)cc2n1C(C)C. The van der Waals surface area contributed by atoms with Gasteiger partial charge in [-0.1, -0.05) is 28.9 Å². The number of halogens is 1. The first-order valence-corrected chi connectivity index (χ1v) is 6.84. The van der Waals surface area contributed by atoms with Crippen LogP contribution < -0.4 is 5.73 Å². The Hall–Kier alpha value is -0.800. The van der Waals surface area contributed by atoms with Gasteiger partial charge in [0.1, 0.15) is 0 Å². The Bertz CT molecular complexity index is 528. The van der Waals surface area contributed by atoms with Crippen LogP contribution in [-0.4, -0.2) is 11.1 Å². The first-order chi connectivity index (χ1) is 8.04. The molecular formula is C14H19BrN2. The molecule has 0 radical (unpaired) electrons. The van der Waals surface area contributed by atoms with Crippen molar-refractivity contribution >= 4 is 26.8 Å². The molecule has 0 amide bonds. The molecule has 2 N–H and O–H groups in total. The molecule has 0 aliphatic heterocycles. The topological polar surface area (TPSA) is 30.9 Å². The third kappa shape index (κ3) is 2.26. The summed E-state index contributed by atoms with van der Waals surface area (Å²) in [5.41, 5.74) is 8.41. The van der Waals surface area contributed by atoms with E-state index in [2.05, 4.69) is 65.5 Å². The summed E-state index contributed by atoms with van der Waals surface area (Å²) in [6.07, 6.45) is 0. The van der Waals surface area contributed by atoms with E-state index in [1.54, 1.807) is 0 Å². The van der Waals surface area contributed by atoms with E-state index < -0.39 is 0 Å². The van der Waals surface area contributed by atoms with Crippen LogP contribution >= 0.6 is 15.9 Å². The van der Waals surface area contributed by atoms with E-state index in [9.17, 15) is 0 Å². The highest BCUT2D eigenvalue weighted by atomic mass is 79.9. The van der Waals surface area contributed by atoms with Crippen molar-refractivity contribution in [1.82, 2.24) is 4.57 Å². The number of nitrogens with zero attached hydrogens (tertiary/aromatic N) is 1. The standard InChI is InChI=1S/C14H19BrN2/c1-9(2)17-13(10(3)8-16)6-11-4-5-12(15)7-14(11)17/h4-7,9-10H,8,16H2,1-3H3. The molecule has 1 heterocycles. The van der Waals surface area contributed by atoms with Gasteiger partial charge in [0.05, 0.1) is 0 Å². The Morgan fingerprint density at radius 1 is 1.24 bits per heavy atom. The minimum atomic E-state index is 0.392. The van der Waals surface area contributed by atoms with Crippen LogP contribution in [0.25, 0.3) is 10.9 Å². The first-order valence-electron chi connectivity index (χ1n) is 6.05. The molecular weight excluding hydrogens is 276 g/mol. The van der Waals surface area contributed by atoms with Gasteiger partial charge < -0.3 is 10.3 Å². The maximum Gasteiger partial charge on any atom is 0.0496 e. The molecule has 2 aromatic rings. The Morgan fingerprint density at radius 3 is 2.53 bits per heavy atom. The Morgan fingerprint density at radius 2 is 1.94 bits per heavy atom. The zero-order valence-electron chi connectivity index (χ0n) is 10.6. The summed E-state index contributed by atoms with van der Waals surface area (Å²) in [5, 5.41) is 1.29. The van der Waals surface area contributed by atoms with Crippen LogP contribution in [0.2, 0.25) is 0 Å². The predicted molar refractivity (Wildman–Crippen MR) is 77.5 cm³/mol.